The van der Waals surface area contributed by atoms with E-state index in [2.05, 4.69) is 20.6 Å². The molecule has 1 saturated heterocycles. The zero-order valence-electron chi connectivity index (χ0n) is 12.9. The third-order valence-electron chi connectivity index (χ3n) is 3.56. The van der Waals surface area contributed by atoms with E-state index in [-0.39, 0.29) is 11.8 Å². The summed E-state index contributed by atoms with van der Waals surface area (Å²) in [5.74, 6) is 1.68. The van der Waals surface area contributed by atoms with Gasteiger partial charge in [0.05, 0.1) is 0 Å². The van der Waals surface area contributed by atoms with Crippen LogP contribution in [0, 0.1) is 13.8 Å². The van der Waals surface area contributed by atoms with Crippen molar-refractivity contribution in [3.8, 4) is 0 Å². The van der Waals surface area contributed by atoms with Gasteiger partial charge in [-0.1, -0.05) is 0 Å². The summed E-state index contributed by atoms with van der Waals surface area (Å²) in [6.07, 6.45) is 0.851. The molecule has 7 nitrogen and oxygen atoms in total. The molecule has 114 valence electrons. The normalized spacial score (nSPS) is 18.9. The Labute approximate surface area is 124 Å². The summed E-state index contributed by atoms with van der Waals surface area (Å²) in [6.45, 7) is 6.47. The van der Waals surface area contributed by atoms with E-state index < -0.39 is 6.04 Å². The number of aryl methyl sites for hydroxylation is 1. The molecular weight excluding hydrogens is 270 g/mol. The Kier molecular flexibility index (Phi) is 4.40. The van der Waals surface area contributed by atoms with Gasteiger partial charge in [-0.15, -0.1) is 0 Å². The molecule has 0 aliphatic carbocycles. The second kappa shape index (κ2) is 6.07. The molecule has 0 radical (unpaired) electrons. The number of carbonyl (C=O) groups is 2. The lowest BCUT2D eigenvalue weighted by molar-refractivity contribution is -0.146. The third kappa shape index (κ3) is 3.12. The van der Waals surface area contributed by atoms with E-state index in [1.807, 2.05) is 20.8 Å². The number of nitrogens with one attached hydrogen (secondary N) is 2. The van der Waals surface area contributed by atoms with Crippen molar-refractivity contribution in [3.05, 3.63) is 11.4 Å². The van der Waals surface area contributed by atoms with Gasteiger partial charge < -0.3 is 10.6 Å². The lowest BCUT2D eigenvalue weighted by Crippen LogP contribution is -2.48. The van der Waals surface area contributed by atoms with Crippen LogP contribution in [0.5, 0.6) is 0 Å². The largest absolute Gasteiger partial charge is 0.370 e. The fourth-order valence-corrected chi connectivity index (χ4v) is 2.32. The van der Waals surface area contributed by atoms with Gasteiger partial charge in [0.25, 0.3) is 5.91 Å². The van der Waals surface area contributed by atoms with Crippen LogP contribution < -0.4 is 10.6 Å². The van der Waals surface area contributed by atoms with Crippen LogP contribution in [0.25, 0.3) is 0 Å². The second-order valence-electron chi connectivity index (χ2n) is 5.15. The highest BCUT2D eigenvalue weighted by Gasteiger charge is 2.32. The van der Waals surface area contributed by atoms with Crippen molar-refractivity contribution in [2.24, 2.45) is 0 Å². The number of amides is 2. The minimum absolute atomic E-state index is 0.137. The molecule has 1 aliphatic heterocycles. The van der Waals surface area contributed by atoms with Crippen molar-refractivity contribution in [2.45, 2.75) is 39.7 Å². The van der Waals surface area contributed by atoms with Crippen molar-refractivity contribution in [2.75, 3.05) is 24.2 Å². The van der Waals surface area contributed by atoms with Gasteiger partial charge >= 0.3 is 0 Å². The highest BCUT2D eigenvalue weighted by Crippen LogP contribution is 2.23. The van der Waals surface area contributed by atoms with Crippen LogP contribution in [0.2, 0.25) is 0 Å². The summed E-state index contributed by atoms with van der Waals surface area (Å²) in [7, 11) is 1.51. The molecule has 1 aromatic rings. The zero-order valence-corrected chi connectivity index (χ0v) is 12.9. The van der Waals surface area contributed by atoms with Gasteiger partial charge in [0.1, 0.15) is 23.5 Å². The number of carbonyl (C=O) groups excluding carboxylic acids is 2. The topological polar surface area (TPSA) is 87.2 Å². The first-order valence-corrected chi connectivity index (χ1v) is 7.10. The molecule has 1 fully saturated rings. The van der Waals surface area contributed by atoms with Crippen LogP contribution >= 0.6 is 0 Å². The number of piperidine rings is 1. The van der Waals surface area contributed by atoms with Crippen molar-refractivity contribution in [1.82, 2.24) is 14.9 Å². The number of hydrogen-bond acceptors (Lipinski definition) is 6. The average Bonchev–Trinajstić information content (AvgIpc) is 2.44. The smallest absolute Gasteiger partial charge is 0.251 e. The molecule has 1 unspecified atom stereocenters. The van der Waals surface area contributed by atoms with E-state index in [1.54, 1.807) is 0 Å². The van der Waals surface area contributed by atoms with Crippen molar-refractivity contribution < 1.29 is 9.59 Å². The van der Waals surface area contributed by atoms with Gasteiger partial charge in [-0.2, -0.15) is 0 Å². The lowest BCUT2D eigenvalue weighted by Gasteiger charge is -2.29. The molecule has 1 aliphatic rings. The van der Waals surface area contributed by atoms with Gasteiger partial charge in [0.2, 0.25) is 5.91 Å². The monoisotopic (exact) mass is 291 g/mol. The van der Waals surface area contributed by atoms with E-state index >= 15 is 0 Å². The number of rotatable bonds is 4. The molecule has 2 rings (SSSR count). The van der Waals surface area contributed by atoms with E-state index in [9.17, 15) is 9.59 Å². The molecule has 0 bridgehead atoms. The Morgan fingerprint density at radius 2 is 1.90 bits per heavy atom. The summed E-state index contributed by atoms with van der Waals surface area (Å²) in [5.41, 5.74) is 0.870. The molecule has 1 atom stereocenters. The van der Waals surface area contributed by atoms with Gasteiger partial charge in [-0.3, -0.25) is 14.5 Å². The minimum Gasteiger partial charge on any atom is -0.370 e. The Morgan fingerprint density at radius 3 is 2.57 bits per heavy atom. The van der Waals surface area contributed by atoms with Crippen LogP contribution in [-0.4, -0.2) is 46.3 Å². The van der Waals surface area contributed by atoms with Crippen LogP contribution in [0.15, 0.2) is 0 Å². The van der Waals surface area contributed by atoms with Crippen LogP contribution in [-0.2, 0) is 9.59 Å². The van der Waals surface area contributed by atoms with E-state index in [0.717, 1.165) is 17.9 Å². The molecule has 2 heterocycles. The van der Waals surface area contributed by atoms with E-state index in [4.69, 9.17) is 0 Å². The molecular formula is C14H21N5O2. The summed E-state index contributed by atoms with van der Waals surface area (Å²) in [6, 6.07) is -0.421. The van der Waals surface area contributed by atoms with Gasteiger partial charge in [0, 0.05) is 25.6 Å². The number of aromatic nitrogens is 2. The molecule has 7 heteroatoms. The lowest BCUT2D eigenvalue weighted by atomic mass is 10.0. The maximum absolute atomic E-state index is 12.1. The summed E-state index contributed by atoms with van der Waals surface area (Å²) >= 11 is 0. The summed E-state index contributed by atoms with van der Waals surface area (Å²) in [5, 5.41) is 6.34. The Hall–Kier alpha value is -2.18. The van der Waals surface area contributed by atoms with Gasteiger partial charge in [-0.25, -0.2) is 9.97 Å². The number of likely N-dealkylation sites (N-methyl/N-ethyl adjacent to an activating group) is 1. The molecule has 2 amide bonds. The quantitative estimate of drug-likeness (QED) is 0.807. The molecule has 2 N–H and O–H groups in total. The number of hydrogen-bond donors (Lipinski definition) is 2. The summed E-state index contributed by atoms with van der Waals surface area (Å²) < 4.78 is 0. The molecule has 0 saturated carbocycles. The van der Waals surface area contributed by atoms with Gasteiger partial charge in [-0.05, 0) is 27.2 Å². The zero-order chi connectivity index (χ0) is 15.6. The first kappa shape index (κ1) is 15.2. The molecule has 0 aromatic carbocycles. The highest BCUT2D eigenvalue weighted by atomic mass is 16.2. The fraction of sp³-hybridized carbons (Fsp3) is 0.571. The maximum atomic E-state index is 12.1. The Balaban J connectivity index is 2.23. The van der Waals surface area contributed by atoms with Crippen LogP contribution in [0.3, 0.4) is 0 Å². The van der Waals surface area contributed by atoms with E-state index in [1.165, 1.54) is 11.9 Å². The number of imide groups is 1. The predicted octanol–water partition coefficient (Wildman–Crippen LogP) is 1.08. The first-order chi connectivity index (χ1) is 9.93. The van der Waals surface area contributed by atoms with Crippen molar-refractivity contribution >= 4 is 23.5 Å². The average molecular weight is 291 g/mol. The van der Waals surface area contributed by atoms with Crippen LogP contribution in [0.4, 0.5) is 11.6 Å². The Morgan fingerprint density at radius 1 is 1.24 bits per heavy atom. The number of nitrogens with zero attached hydrogens (tertiary/aromatic N) is 3. The first-order valence-electron chi connectivity index (χ1n) is 7.10. The standard InChI is InChI=1S/C14H21N5O2/c1-5-15-12-8(2)13(17-9(3)16-12)18-10-6-7-11(20)19(4)14(10)21/h10H,5-7H2,1-4H3,(H2,15,16,17,18). The van der Waals surface area contributed by atoms with Crippen LogP contribution in [0.1, 0.15) is 31.2 Å². The number of likely N-dealkylation sites (tertiary alicyclic amines) is 1. The van der Waals surface area contributed by atoms with Crippen molar-refractivity contribution in [1.29, 1.82) is 0 Å². The Bertz CT molecular complexity index is 573. The molecule has 21 heavy (non-hydrogen) atoms. The third-order valence-corrected chi connectivity index (χ3v) is 3.56. The fourth-order valence-electron chi connectivity index (χ4n) is 2.32. The van der Waals surface area contributed by atoms with E-state index in [0.29, 0.717) is 24.5 Å². The summed E-state index contributed by atoms with van der Waals surface area (Å²) in [4.78, 5) is 33.5. The SMILES string of the molecule is CCNc1nc(C)nc(NC2CCC(=O)N(C)C2=O)c1C. The number of anilines is 2. The second-order valence-corrected chi connectivity index (χ2v) is 5.15. The molecule has 0 spiro atoms. The minimum atomic E-state index is -0.421. The molecule has 1 aromatic heterocycles. The maximum Gasteiger partial charge on any atom is 0.251 e. The van der Waals surface area contributed by atoms with Gasteiger partial charge in [0.15, 0.2) is 0 Å². The van der Waals surface area contributed by atoms with Crippen molar-refractivity contribution in [3.63, 3.8) is 0 Å². The highest BCUT2D eigenvalue weighted by molar-refractivity contribution is 6.01. The predicted molar refractivity (Wildman–Crippen MR) is 80.1 cm³/mol.